The number of hydrogen-bond donors (Lipinski definition) is 0. The highest BCUT2D eigenvalue weighted by molar-refractivity contribution is 6.70. The van der Waals surface area contributed by atoms with Crippen LogP contribution >= 0.6 is 0 Å². The first-order chi connectivity index (χ1) is 8.69. The molecule has 0 fully saturated rings. The Balaban J connectivity index is 2.69. The fourth-order valence-electron chi connectivity index (χ4n) is 2.50. The molecule has 0 amide bonds. The maximum Gasteiger partial charge on any atom is 0.143 e. The summed E-state index contributed by atoms with van der Waals surface area (Å²) >= 11 is 0. The summed E-state index contributed by atoms with van der Waals surface area (Å²) in [6.45, 7) is 8.16. The predicted octanol–water partition coefficient (Wildman–Crippen LogP) is 1.91. The highest BCUT2D eigenvalue weighted by atomic mass is 28.3. The molecule has 3 heteroatoms. The molecule has 0 aromatic heterocycles. The average Bonchev–Trinajstić information content (AvgIpc) is 2.39. The second-order valence-electron chi connectivity index (χ2n) is 5.09. The molecule has 1 rings (SSSR count). The van der Waals surface area contributed by atoms with Crippen LogP contribution < -0.4 is 5.19 Å². The first kappa shape index (κ1) is 15.4. The minimum Gasteiger partial charge on any atom is -0.323 e. The van der Waals surface area contributed by atoms with Gasteiger partial charge < -0.3 is 9.47 Å². The van der Waals surface area contributed by atoms with E-state index in [1.54, 1.807) is 5.19 Å². The first-order valence-electron chi connectivity index (χ1n) is 7.12. The number of nitrogens with zero attached hydrogens (tertiary/aromatic N) is 2. The van der Waals surface area contributed by atoms with Crippen molar-refractivity contribution in [2.24, 2.45) is 0 Å². The van der Waals surface area contributed by atoms with Crippen LogP contribution in [0.3, 0.4) is 0 Å². The number of hydrogen-bond acceptors (Lipinski definition) is 2. The molecule has 102 valence electrons. The van der Waals surface area contributed by atoms with E-state index in [1.165, 1.54) is 32.1 Å². The van der Waals surface area contributed by atoms with Gasteiger partial charge in [0.15, 0.2) is 0 Å². The van der Waals surface area contributed by atoms with Crippen molar-refractivity contribution >= 4 is 14.1 Å². The van der Waals surface area contributed by atoms with Crippen molar-refractivity contribution < 1.29 is 0 Å². The molecular weight excluding hydrogens is 236 g/mol. The third-order valence-electron chi connectivity index (χ3n) is 3.52. The minimum atomic E-state index is -0.959. The largest absolute Gasteiger partial charge is 0.323 e. The molecule has 0 spiro atoms. The Bertz CT molecular complexity index is 310. The molecule has 0 heterocycles. The fourth-order valence-corrected chi connectivity index (χ4v) is 5.74. The van der Waals surface area contributed by atoms with Crippen LogP contribution in [-0.2, 0) is 0 Å². The molecule has 0 radical (unpaired) electrons. The van der Waals surface area contributed by atoms with Crippen LogP contribution in [0.2, 0.25) is 6.04 Å². The molecule has 1 atom stereocenters. The van der Waals surface area contributed by atoms with Gasteiger partial charge in [0.25, 0.3) is 0 Å². The zero-order valence-corrected chi connectivity index (χ0v) is 13.5. The van der Waals surface area contributed by atoms with E-state index in [-0.39, 0.29) is 0 Å². The highest BCUT2D eigenvalue weighted by Crippen LogP contribution is 2.06. The van der Waals surface area contributed by atoms with E-state index in [9.17, 15) is 0 Å². The average molecular weight is 264 g/mol. The summed E-state index contributed by atoms with van der Waals surface area (Å²) in [7, 11) is 3.37. The standard InChI is InChI=1S/C15H28N2Si/c1-5-17(6-2)18(14-10-13-16(3)4)15-11-8-7-9-12-15/h7-9,11-12,18H,5-6,10,13-14H2,1-4H3. The van der Waals surface area contributed by atoms with Crippen molar-refractivity contribution in [2.75, 3.05) is 33.7 Å². The van der Waals surface area contributed by atoms with Gasteiger partial charge >= 0.3 is 0 Å². The molecule has 0 aliphatic heterocycles. The Morgan fingerprint density at radius 1 is 1.00 bits per heavy atom. The molecule has 1 unspecified atom stereocenters. The van der Waals surface area contributed by atoms with Gasteiger partial charge in [-0.2, -0.15) is 0 Å². The molecule has 0 aliphatic rings. The highest BCUT2D eigenvalue weighted by Gasteiger charge is 2.19. The zero-order chi connectivity index (χ0) is 13.4. The Kier molecular flexibility index (Phi) is 7.24. The maximum absolute atomic E-state index is 2.70. The van der Waals surface area contributed by atoms with E-state index in [1.807, 2.05) is 0 Å². The predicted molar refractivity (Wildman–Crippen MR) is 84.1 cm³/mol. The van der Waals surface area contributed by atoms with E-state index in [2.05, 4.69) is 67.7 Å². The smallest absolute Gasteiger partial charge is 0.143 e. The van der Waals surface area contributed by atoms with Crippen LogP contribution in [0, 0.1) is 0 Å². The van der Waals surface area contributed by atoms with Crippen LogP contribution in [0.15, 0.2) is 30.3 Å². The summed E-state index contributed by atoms with van der Waals surface area (Å²) in [5.41, 5.74) is 0. The quantitative estimate of drug-likeness (QED) is 0.662. The van der Waals surface area contributed by atoms with Gasteiger partial charge in [-0.3, -0.25) is 0 Å². The van der Waals surface area contributed by atoms with Gasteiger partial charge in [0.05, 0.1) is 0 Å². The SMILES string of the molecule is CCN(CC)[SiH](CCCN(C)C)c1ccccc1. The van der Waals surface area contributed by atoms with Gasteiger partial charge in [0.2, 0.25) is 0 Å². The van der Waals surface area contributed by atoms with Crippen LogP contribution in [0.5, 0.6) is 0 Å². The van der Waals surface area contributed by atoms with Gasteiger partial charge in [-0.25, -0.2) is 0 Å². The normalized spacial score (nSPS) is 13.2. The van der Waals surface area contributed by atoms with E-state index >= 15 is 0 Å². The summed E-state index contributed by atoms with van der Waals surface area (Å²) in [6, 6.07) is 12.5. The Morgan fingerprint density at radius 3 is 2.11 bits per heavy atom. The molecule has 0 saturated heterocycles. The second-order valence-corrected chi connectivity index (χ2v) is 8.10. The second kappa shape index (κ2) is 8.46. The van der Waals surface area contributed by atoms with Gasteiger partial charge in [-0.05, 0) is 51.4 Å². The topological polar surface area (TPSA) is 6.48 Å². The maximum atomic E-state index is 2.70. The molecule has 1 aromatic carbocycles. The van der Waals surface area contributed by atoms with Crippen LogP contribution in [0.4, 0.5) is 0 Å². The van der Waals surface area contributed by atoms with Crippen LogP contribution in [-0.4, -0.2) is 52.2 Å². The lowest BCUT2D eigenvalue weighted by molar-refractivity contribution is 0.404. The summed E-state index contributed by atoms with van der Waals surface area (Å²) < 4.78 is 2.70. The third-order valence-corrected chi connectivity index (χ3v) is 7.24. The summed E-state index contributed by atoms with van der Waals surface area (Å²) in [6.07, 6.45) is 1.31. The van der Waals surface area contributed by atoms with Gasteiger partial charge in [-0.15, -0.1) is 0 Å². The van der Waals surface area contributed by atoms with Crippen LogP contribution in [0.1, 0.15) is 20.3 Å². The van der Waals surface area contributed by atoms with Crippen molar-refractivity contribution in [3.05, 3.63) is 30.3 Å². The number of benzene rings is 1. The van der Waals surface area contributed by atoms with Crippen molar-refractivity contribution in [1.82, 2.24) is 9.47 Å². The molecule has 0 aliphatic carbocycles. The van der Waals surface area contributed by atoms with Gasteiger partial charge in [0, 0.05) is 0 Å². The number of rotatable bonds is 8. The molecule has 1 aromatic rings. The molecule has 2 nitrogen and oxygen atoms in total. The summed E-state index contributed by atoms with van der Waals surface area (Å²) in [5.74, 6) is 0. The lowest BCUT2D eigenvalue weighted by atomic mass is 10.4. The van der Waals surface area contributed by atoms with E-state index in [0.717, 1.165) is 0 Å². The van der Waals surface area contributed by atoms with Crippen molar-refractivity contribution in [1.29, 1.82) is 0 Å². The van der Waals surface area contributed by atoms with Crippen molar-refractivity contribution in [3.8, 4) is 0 Å². The van der Waals surface area contributed by atoms with Gasteiger partial charge in [0.1, 0.15) is 8.96 Å². The third kappa shape index (κ3) is 4.92. The molecule has 0 bridgehead atoms. The Labute approximate surface area is 114 Å². The van der Waals surface area contributed by atoms with E-state index in [0.29, 0.717) is 0 Å². The van der Waals surface area contributed by atoms with Crippen LogP contribution in [0.25, 0.3) is 0 Å². The van der Waals surface area contributed by atoms with Gasteiger partial charge in [-0.1, -0.05) is 44.2 Å². The summed E-state index contributed by atoms with van der Waals surface area (Å²) in [5, 5.41) is 1.60. The Morgan fingerprint density at radius 2 is 1.61 bits per heavy atom. The van der Waals surface area contributed by atoms with Crippen molar-refractivity contribution in [2.45, 2.75) is 26.3 Å². The zero-order valence-electron chi connectivity index (χ0n) is 12.4. The molecule has 0 N–H and O–H groups in total. The lowest BCUT2D eigenvalue weighted by Gasteiger charge is -2.29. The molecular formula is C15H28N2Si. The summed E-state index contributed by atoms with van der Waals surface area (Å²) in [4.78, 5) is 2.29. The Hall–Kier alpha value is -0.643. The monoisotopic (exact) mass is 264 g/mol. The minimum absolute atomic E-state index is 0.959. The molecule has 0 saturated carbocycles. The first-order valence-corrected chi connectivity index (χ1v) is 9.03. The van der Waals surface area contributed by atoms with E-state index < -0.39 is 8.96 Å². The fraction of sp³-hybridized carbons (Fsp3) is 0.600. The van der Waals surface area contributed by atoms with Crippen molar-refractivity contribution in [3.63, 3.8) is 0 Å². The lowest BCUT2D eigenvalue weighted by Crippen LogP contribution is -2.48. The molecule has 18 heavy (non-hydrogen) atoms. The van der Waals surface area contributed by atoms with E-state index in [4.69, 9.17) is 0 Å².